The van der Waals surface area contributed by atoms with E-state index in [9.17, 15) is 4.79 Å². The van der Waals surface area contributed by atoms with Crippen LogP contribution in [-0.2, 0) is 8.98 Å². The SMILES string of the molecule is CC(C)C(=O)N1CCC(CCOSI)CC1. The van der Waals surface area contributed by atoms with Crippen LogP contribution in [0.25, 0.3) is 0 Å². The highest BCUT2D eigenvalue weighted by Crippen LogP contribution is 2.23. The number of halogens is 1. The second-order valence-electron chi connectivity index (χ2n) is 4.60. The van der Waals surface area contributed by atoms with Gasteiger partial charge in [-0.2, -0.15) is 0 Å². The number of amides is 1. The number of hydrogen-bond donors (Lipinski definition) is 0. The predicted molar refractivity (Wildman–Crippen MR) is 76.3 cm³/mol. The molecule has 1 amide bonds. The maximum atomic E-state index is 11.8. The van der Waals surface area contributed by atoms with Gasteiger partial charge in [-0.05, 0) is 25.2 Å². The molecule has 1 rings (SSSR count). The number of likely N-dealkylation sites (tertiary alicyclic amines) is 1. The Hall–Kier alpha value is 0.510. The van der Waals surface area contributed by atoms with Crippen molar-refractivity contribution < 1.29 is 8.98 Å². The third kappa shape index (κ3) is 4.79. The first kappa shape index (κ1) is 14.6. The highest BCUT2D eigenvalue weighted by atomic mass is 127. The third-order valence-electron chi connectivity index (χ3n) is 3.07. The molecule has 1 saturated heterocycles. The minimum Gasteiger partial charge on any atom is -0.342 e. The fraction of sp³-hybridized carbons (Fsp3) is 0.909. The second-order valence-corrected chi connectivity index (χ2v) is 6.04. The molecule has 5 heteroatoms. The average Bonchev–Trinajstić information content (AvgIpc) is 2.29. The fourth-order valence-electron chi connectivity index (χ4n) is 2.05. The van der Waals surface area contributed by atoms with Gasteiger partial charge in [-0.3, -0.25) is 4.79 Å². The lowest BCUT2D eigenvalue weighted by Gasteiger charge is -2.33. The summed E-state index contributed by atoms with van der Waals surface area (Å²) in [6.07, 6.45) is 3.39. The van der Waals surface area contributed by atoms with Crippen molar-refractivity contribution in [1.82, 2.24) is 4.90 Å². The zero-order chi connectivity index (χ0) is 12.0. The van der Waals surface area contributed by atoms with Gasteiger partial charge in [0.05, 0.1) is 15.8 Å². The summed E-state index contributed by atoms with van der Waals surface area (Å²) >= 11 is 2.14. The first-order chi connectivity index (χ1) is 7.65. The summed E-state index contributed by atoms with van der Waals surface area (Å²) in [6, 6.07) is 0. The Morgan fingerprint density at radius 2 is 2.12 bits per heavy atom. The van der Waals surface area contributed by atoms with E-state index in [1.807, 2.05) is 18.7 Å². The average molecular weight is 357 g/mol. The Balaban J connectivity index is 2.20. The number of carbonyl (C=O) groups excluding carboxylic acids is 1. The Labute approximate surface area is 114 Å². The van der Waals surface area contributed by atoms with E-state index in [1.54, 1.807) is 0 Å². The van der Waals surface area contributed by atoms with E-state index >= 15 is 0 Å². The Morgan fingerprint density at radius 3 is 2.62 bits per heavy atom. The van der Waals surface area contributed by atoms with Crippen LogP contribution in [0.2, 0.25) is 0 Å². The van der Waals surface area contributed by atoms with Gasteiger partial charge in [0.1, 0.15) is 0 Å². The Kier molecular flexibility index (Phi) is 7.07. The van der Waals surface area contributed by atoms with Crippen LogP contribution in [0.15, 0.2) is 0 Å². The topological polar surface area (TPSA) is 29.5 Å². The van der Waals surface area contributed by atoms with E-state index in [0.717, 1.165) is 44.9 Å². The lowest BCUT2D eigenvalue weighted by molar-refractivity contribution is -0.135. The lowest BCUT2D eigenvalue weighted by atomic mass is 9.93. The molecule has 0 aromatic heterocycles. The van der Waals surface area contributed by atoms with Crippen molar-refractivity contribution in [2.75, 3.05) is 19.7 Å². The molecule has 0 atom stereocenters. The smallest absolute Gasteiger partial charge is 0.225 e. The van der Waals surface area contributed by atoms with E-state index in [4.69, 9.17) is 4.18 Å². The van der Waals surface area contributed by atoms with E-state index in [-0.39, 0.29) is 5.92 Å². The van der Waals surface area contributed by atoms with Gasteiger partial charge < -0.3 is 9.08 Å². The van der Waals surface area contributed by atoms with Crippen molar-refractivity contribution >= 4 is 36.3 Å². The van der Waals surface area contributed by atoms with Gasteiger partial charge in [-0.15, -0.1) is 0 Å². The highest BCUT2D eigenvalue weighted by molar-refractivity contribution is 14.2. The second kappa shape index (κ2) is 7.76. The maximum absolute atomic E-state index is 11.8. The van der Waals surface area contributed by atoms with Crippen LogP contribution < -0.4 is 0 Å². The molecular weight excluding hydrogens is 337 g/mol. The summed E-state index contributed by atoms with van der Waals surface area (Å²) in [4.78, 5) is 13.8. The van der Waals surface area contributed by atoms with Crippen molar-refractivity contribution in [3.8, 4) is 0 Å². The van der Waals surface area contributed by atoms with Crippen LogP contribution in [0.4, 0.5) is 0 Å². The van der Waals surface area contributed by atoms with E-state index < -0.39 is 0 Å². The van der Waals surface area contributed by atoms with Crippen molar-refractivity contribution in [3.05, 3.63) is 0 Å². The molecule has 0 bridgehead atoms. The fourth-order valence-corrected chi connectivity index (χ4v) is 2.75. The van der Waals surface area contributed by atoms with Crippen LogP contribution in [0, 0.1) is 11.8 Å². The Bertz CT molecular complexity index is 218. The molecule has 3 nitrogen and oxygen atoms in total. The molecule has 16 heavy (non-hydrogen) atoms. The van der Waals surface area contributed by atoms with Gasteiger partial charge in [-0.1, -0.05) is 13.8 Å². The molecule has 0 aromatic carbocycles. The van der Waals surface area contributed by atoms with Crippen LogP contribution in [-0.4, -0.2) is 30.5 Å². The first-order valence-electron chi connectivity index (χ1n) is 5.84. The molecule has 1 heterocycles. The van der Waals surface area contributed by atoms with E-state index in [0.29, 0.717) is 5.91 Å². The van der Waals surface area contributed by atoms with E-state index in [1.165, 1.54) is 9.21 Å². The normalized spacial score (nSPS) is 18.1. The molecule has 94 valence electrons. The maximum Gasteiger partial charge on any atom is 0.225 e. The molecule has 0 aliphatic carbocycles. The van der Waals surface area contributed by atoms with Gasteiger partial charge in [0.15, 0.2) is 0 Å². The van der Waals surface area contributed by atoms with Crippen molar-refractivity contribution in [1.29, 1.82) is 0 Å². The minimum atomic E-state index is 0.135. The minimum absolute atomic E-state index is 0.135. The van der Waals surface area contributed by atoms with Crippen molar-refractivity contribution in [2.45, 2.75) is 33.1 Å². The highest BCUT2D eigenvalue weighted by Gasteiger charge is 2.23. The molecule has 0 saturated carbocycles. The Morgan fingerprint density at radius 1 is 1.50 bits per heavy atom. The van der Waals surface area contributed by atoms with E-state index in [2.05, 4.69) is 21.2 Å². The van der Waals surface area contributed by atoms with Crippen LogP contribution in [0.1, 0.15) is 33.1 Å². The summed E-state index contributed by atoms with van der Waals surface area (Å²) < 4.78 is 5.27. The third-order valence-corrected chi connectivity index (χ3v) is 4.09. The molecule has 0 unspecified atom stereocenters. The van der Waals surface area contributed by atoms with Gasteiger partial charge in [0, 0.05) is 40.2 Å². The van der Waals surface area contributed by atoms with Gasteiger partial charge in [-0.25, -0.2) is 0 Å². The molecular formula is C11H20INO2S. The van der Waals surface area contributed by atoms with Gasteiger partial charge in [0.25, 0.3) is 0 Å². The molecule has 0 aromatic rings. The zero-order valence-corrected chi connectivity index (χ0v) is 12.9. The largest absolute Gasteiger partial charge is 0.342 e. The molecule has 0 radical (unpaired) electrons. The zero-order valence-electron chi connectivity index (χ0n) is 9.95. The standard InChI is InChI=1S/C11H20INO2S/c1-9(2)11(14)13-6-3-10(4-7-13)5-8-15-16-12/h9-10H,3-8H2,1-2H3. The number of piperidine rings is 1. The quantitative estimate of drug-likeness (QED) is 0.430. The molecule has 0 N–H and O–H groups in total. The number of rotatable bonds is 5. The van der Waals surface area contributed by atoms with Gasteiger partial charge in [0.2, 0.25) is 5.91 Å². The summed E-state index contributed by atoms with van der Waals surface area (Å²) in [5.74, 6) is 1.17. The summed E-state index contributed by atoms with van der Waals surface area (Å²) in [5.41, 5.74) is 0. The lowest BCUT2D eigenvalue weighted by Crippen LogP contribution is -2.40. The monoisotopic (exact) mass is 357 g/mol. The molecule has 1 aliphatic rings. The van der Waals surface area contributed by atoms with Gasteiger partial charge >= 0.3 is 0 Å². The molecule has 1 fully saturated rings. The number of hydrogen-bond acceptors (Lipinski definition) is 3. The number of nitrogens with zero attached hydrogens (tertiary/aromatic N) is 1. The van der Waals surface area contributed by atoms with Crippen LogP contribution >= 0.6 is 30.4 Å². The van der Waals surface area contributed by atoms with Crippen molar-refractivity contribution in [2.24, 2.45) is 11.8 Å². The summed E-state index contributed by atoms with van der Waals surface area (Å²) in [6.45, 7) is 6.63. The summed E-state index contributed by atoms with van der Waals surface area (Å²) in [7, 11) is 1.41. The molecule has 1 aliphatic heterocycles. The predicted octanol–water partition coefficient (Wildman–Crippen LogP) is 3.29. The van der Waals surface area contributed by atoms with Crippen LogP contribution in [0.5, 0.6) is 0 Å². The number of carbonyl (C=O) groups is 1. The molecule has 0 spiro atoms. The van der Waals surface area contributed by atoms with Crippen molar-refractivity contribution in [3.63, 3.8) is 0 Å². The summed E-state index contributed by atoms with van der Waals surface area (Å²) in [5, 5.41) is 0. The first-order valence-corrected chi connectivity index (χ1v) is 9.12. The van der Waals surface area contributed by atoms with Crippen LogP contribution in [0.3, 0.4) is 0 Å².